The third kappa shape index (κ3) is 2.54. The Morgan fingerprint density at radius 3 is 2.58 bits per heavy atom. The fourth-order valence-electron chi connectivity index (χ4n) is 0.663. The van der Waals surface area contributed by atoms with E-state index in [0.717, 1.165) is 6.07 Å². The topological polar surface area (TPSA) is 9.23 Å². The Morgan fingerprint density at radius 2 is 2.00 bits per heavy atom. The van der Waals surface area contributed by atoms with Crippen LogP contribution in [-0.4, -0.2) is 6.61 Å². The second-order valence-corrected chi connectivity index (χ2v) is 3.12. The predicted molar refractivity (Wildman–Crippen MR) is 45.7 cm³/mol. The average Bonchev–Trinajstić information content (AvgIpc) is 1.96. The van der Waals surface area contributed by atoms with Crippen LogP contribution in [0.5, 0.6) is 5.75 Å². The minimum absolute atomic E-state index is 0.134. The largest absolute Gasteiger partial charge is 0.434 e. The molecule has 1 aromatic carbocycles. The Kier molecular flexibility index (Phi) is 3.19. The van der Waals surface area contributed by atoms with E-state index in [1.807, 2.05) is 0 Å². The highest BCUT2D eigenvalue weighted by Crippen LogP contribution is 2.23. The third-order valence-corrected chi connectivity index (χ3v) is 2.00. The molecule has 0 N–H and O–H groups in total. The lowest BCUT2D eigenvalue weighted by atomic mass is 10.3. The van der Waals surface area contributed by atoms with E-state index < -0.39 is 12.4 Å². The zero-order valence-electron chi connectivity index (χ0n) is 5.73. The molecule has 1 aromatic rings. The second-order valence-electron chi connectivity index (χ2n) is 1.95. The average molecular weight is 288 g/mol. The number of hydrogen-bond donors (Lipinski definition) is 0. The van der Waals surface area contributed by atoms with Gasteiger partial charge in [0.25, 0.3) is 0 Å². The maximum absolute atomic E-state index is 12.5. The zero-order valence-corrected chi connectivity index (χ0v) is 7.89. The van der Waals surface area contributed by atoms with E-state index in [-0.39, 0.29) is 5.75 Å². The molecule has 12 heavy (non-hydrogen) atoms. The van der Waals surface area contributed by atoms with Crippen molar-refractivity contribution in [2.24, 2.45) is 0 Å². The molecule has 0 aliphatic rings. The summed E-state index contributed by atoms with van der Waals surface area (Å²) in [6.07, 6.45) is 0. The molecule has 0 aliphatic carbocycles. The molecule has 1 nitrogen and oxygen atoms in total. The quantitative estimate of drug-likeness (QED) is 0.760. The summed E-state index contributed by atoms with van der Waals surface area (Å²) in [5.41, 5.74) is 0. The van der Waals surface area contributed by atoms with Crippen LogP contribution in [0.15, 0.2) is 18.2 Å². The van der Waals surface area contributed by atoms with Crippen LogP contribution in [0, 0.1) is 9.39 Å². The molecule has 0 heterocycles. The minimum Gasteiger partial charge on any atom is -0.434 e. The highest BCUT2D eigenvalue weighted by atomic mass is 127. The van der Waals surface area contributed by atoms with Crippen LogP contribution in [0.2, 0.25) is 0 Å². The van der Waals surface area contributed by atoms with Gasteiger partial charge in [-0.05, 0) is 34.7 Å². The SMILES string of the molecule is Fc1ccc(I)c(OC(F)F)c1. The van der Waals surface area contributed by atoms with Gasteiger partial charge in [0.1, 0.15) is 11.6 Å². The molecule has 0 saturated carbocycles. The summed E-state index contributed by atoms with van der Waals surface area (Å²) >= 11 is 1.79. The predicted octanol–water partition coefficient (Wildman–Crippen LogP) is 3.03. The van der Waals surface area contributed by atoms with Crippen molar-refractivity contribution in [3.05, 3.63) is 27.6 Å². The van der Waals surface area contributed by atoms with Crippen LogP contribution in [0.25, 0.3) is 0 Å². The Bertz CT molecular complexity index is 277. The van der Waals surface area contributed by atoms with Crippen LogP contribution in [-0.2, 0) is 0 Å². The highest BCUT2D eigenvalue weighted by molar-refractivity contribution is 14.1. The van der Waals surface area contributed by atoms with Gasteiger partial charge in [-0.15, -0.1) is 0 Å². The molecule has 0 spiro atoms. The van der Waals surface area contributed by atoms with Crippen LogP contribution in [0.1, 0.15) is 0 Å². The van der Waals surface area contributed by atoms with E-state index in [0.29, 0.717) is 3.57 Å². The van der Waals surface area contributed by atoms with E-state index in [1.54, 1.807) is 22.6 Å². The fraction of sp³-hybridized carbons (Fsp3) is 0.143. The van der Waals surface area contributed by atoms with Crippen molar-refractivity contribution in [1.82, 2.24) is 0 Å². The Hall–Kier alpha value is -0.460. The normalized spacial score (nSPS) is 10.4. The molecule has 0 bridgehead atoms. The lowest BCUT2D eigenvalue weighted by molar-refractivity contribution is -0.0505. The Balaban J connectivity index is 2.90. The van der Waals surface area contributed by atoms with Crippen LogP contribution in [0.4, 0.5) is 13.2 Å². The number of benzene rings is 1. The molecule has 5 heteroatoms. The van der Waals surface area contributed by atoms with Crippen LogP contribution >= 0.6 is 22.6 Å². The molecule has 0 amide bonds. The van der Waals surface area contributed by atoms with Crippen molar-refractivity contribution in [2.45, 2.75) is 6.61 Å². The van der Waals surface area contributed by atoms with Crippen LogP contribution in [0.3, 0.4) is 0 Å². The lowest BCUT2D eigenvalue weighted by Crippen LogP contribution is -2.03. The molecule has 0 aromatic heterocycles. The molecular weight excluding hydrogens is 284 g/mol. The van der Waals surface area contributed by atoms with Gasteiger partial charge in [0.2, 0.25) is 0 Å². The molecule has 0 aliphatic heterocycles. The van der Waals surface area contributed by atoms with Crippen molar-refractivity contribution in [3.8, 4) is 5.75 Å². The Labute approximate surface area is 80.7 Å². The summed E-state index contributed by atoms with van der Waals surface area (Å²) < 4.78 is 40.3. The van der Waals surface area contributed by atoms with Gasteiger partial charge in [-0.25, -0.2) is 4.39 Å². The maximum Gasteiger partial charge on any atom is 0.387 e. The minimum atomic E-state index is -2.92. The van der Waals surface area contributed by atoms with E-state index in [2.05, 4.69) is 4.74 Å². The van der Waals surface area contributed by atoms with Crippen molar-refractivity contribution >= 4 is 22.6 Å². The van der Waals surface area contributed by atoms with Crippen molar-refractivity contribution in [3.63, 3.8) is 0 Å². The summed E-state index contributed by atoms with van der Waals surface area (Å²) in [5.74, 6) is -0.725. The van der Waals surface area contributed by atoms with Gasteiger partial charge >= 0.3 is 6.61 Å². The molecule has 0 fully saturated rings. The highest BCUT2D eigenvalue weighted by Gasteiger charge is 2.08. The van der Waals surface area contributed by atoms with E-state index >= 15 is 0 Å². The summed E-state index contributed by atoms with van der Waals surface area (Å²) in [7, 11) is 0. The summed E-state index contributed by atoms with van der Waals surface area (Å²) in [5, 5.41) is 0. The van der Waals surface area contributed by atoms with Gasteiger partial charge in [0.15, 0.2) is 0 Å². The van der Waals surface area contributed by atoms with E-state index in [9.17, 15) is 13.2 Å². The van der Waals surface area contributed by atoms with Gasteiger partial charge in [0, 0.05) is 6.07 Å². The van der Waals surface area contributed by atoms with Gasteiger partial charge in [-0.3, -0.25) is 0 Å². The molecule has 1 rings (SSSR count). The number of halogens is 4. The smallest absolute Gasteiger partial charge is 0.387 e. The van der Waals surface area contributed by atoms with Gasteiger partial charge in [0.05, 0.1) is 3.57 Å². The first kappa shape index (κ1) is 9.63. The summed E-state index contributed by atoms with van der Waals surface area (Å²) in [6, 6.07) is 3.47. The summed E-state index contributed by atoms with van der Waals surface area (Å²) in [6.45, 7) is -2.92. The first-order chi connectivity index (χ1) is 5.59. The fourth-order valence-corrected chi connectivity index (χ4v) is 1.13. The van der Waals surface area contributed by atoms with Gasteiger partial charge in [-0.2, -0.15) is 8.78 Å². The summed E-state index contributed by atoms with van der Waals surface area (Å²) in [4.78, 5) is 0. The van der Waals surface area contributed by atoms with Crippen molar-refractivity contribution in [1.29, 1.82) is 0 Å². The first-order valence-corrected chi connectivity index (χ1v) is 4.07. The van der Waals surface area contributed by atoms with E-state index in [1.165, 1.54) is 12.1 Å². The third-order valence-electron chi connectivity index (χ3n) is 1.11. The molecule has 0 radical (unpaired) electrons. The number of hydrogen-bond acceptors (Lipinski definition) is 1. The lowest BCUT2D eigenvalue weighted by Gasteiger charge is -2.05. The van der Waals surface area contributed by atoms with Crippen molar-refractivity contribution < 1.29 is 17.9 Å². The molecule has 0 saturated heterocycles. The van der Waals surface area contributed by atoms with Gasteiger partial charge in [-0.1, -0.05) is 0 Å². The number of ether oxygens (including phenoxy) is 1. The van der Waals surface area contributed by atoms with E-state index in [4.69, 9.17) is 0 Å². The monoisotopic (exact) mass is 288 g/mol. The Morgan fingerprint density at radius 1 is 1.33 bits per heavy atom. The molecule has 0 unspecified atom stereocenters. The first-order valence-electron chi connectivity index (χ1n) is 2.99. The van der Waals surface area contributed by atoms with Crippen molar-refractivity contribution in [2.75, 3.05) is 0 Å². The number of rotatable bonds is 2. The molecule has 66 valence electrons. The van der Waals surface area contributed by atoms with Gasteiger partial charge < -0.3 is 4.74 Å². The second kappa shape index (κ2) is 3.97. The maximum atomic E-state index is 12.5. The number of alkyl halides is 2. The molecular formula is C7H4F3IO. The zero-order chi connectivity index (χ0) is 9.14. The van der Waals surface area contributed by atoms with Crippen LogP contribution < -0.4 is 4.74 Å². The standard InChI is InChI=1S/C7H4F3IO/c8-4-1-2-5(11)6(3-4)12-7(9)10/h1-3,7H. The molecule has 0 atom stereocenters.